The van der Waals surface area contributed by atoms with Gasteiger partial charge in [0.05, 0.1) is 16.5 Å². The second-order valence-corrected chi connectivity index (χ2v) is 7.37. The molecular formula is C18H23Cl2NO3. The number of nitrogens with one attached hydrogen (secondary N) is 1. The fourth-order valence-corrected chi connectivity index (χ4v) is 3.16. The molecule has 0 aliphatic heterocycles. The number of benzene rings is 1. The van der Waals surface area contributed by atoms with Gasteiger partial charge in [0.2, 0.25) is 5.91 Å². The van der Waals surface area contributed by atoms with Crippen molar-refractivity contribution in [2.75, 3.05) is 5.32 Å². The van der Waals surface area contributed by atoms with Crippen LogP contribution in [0.1, 0.15) is 46.0 Å². The molecule has 2 rings (SSSR count). The van der Waals surface area contributed by atoms with E-state index < -0.39 is 0 Å². The minimum absolute atomic E-state index is 0.0122. The van der Waals surface area contributed by atoms with E-state index in [0.717, 1.165) is 19.3 Å². The Morgan fingerprint density at radius 3 is 2.54 bits per heavy atom. The summed E-state index contributed by atoms with van der Waals surface area (Å²) in [6.07, 6.45) is 3.04. The maximum atomic E-state index is 11.9. The van der Waals surface area contributed by atoms with Crippen molar-refractivity contribution in [3.63, 3.8) is 0 Å². The molecule has 6 heteroatoms. The molecule has 0 unspecified atom stereocenters. The van der Waals surface area contributed by atoms with Crippen LogP contribution in [0.25, 0.3) is 0 Å². The standard InChI is InChI=1S/C18H23Cl2NO3/c1-11-3-5-14(9-12(11)2)24-18(23)8-7-17(22)21-13-4-6-15(19)16(20)10-13/h4,6,10-12,14H,3,5,7-9H2,1-2H3,(H,21,22)/t11-,12-,14+/m0/s1. The molecule has 1 aliphatic rings. The number of anilines is 1. The number of esters is 1. The maximum absolute atomic E-state index is 11.9. The van der Waals surface area contributed by atoms with Crippen LogP contribution in [0.5, 0.6) is 0 Å². The van der Waals surface area contributed by atoms with Gasteiger partial charge in [-0.3, -0.25) is 9.59 Å². The van der Waals surface area contributed by atoms with Gasteiger partial charge in [-0.05, 0) is 49.3 Å². The normalized spacial score (nSPS) is 23.6. The lowest BCUT2D eigenvalue weighted by Gasteiger charge is -2.31. The van der Waals surface area contributed by atoms with E-state index in [0.29, 0.717) is 27.6 Å². The summed E-state index contributed by atoms with van der Waals surface area (Å²) < 4.78 is 5.49. The first kappa shape index (κ1) is 19.1. The van der Waals surface area contributed by atoms with Crippen molar-refractivity contribution in [1.82, 2.24) is 0 Å². The van der Waals surface area contributed by atoms with Crippen molar-refractivity contribution in [2.45, 2.75) is 52.1 Å². The summed E-state index contributed by atoms with van der Waals surface area (Å²) in [6.45, 7) is 4.42. The summed E-state index contributed by atoms with van der Waals surface area (Å²) in [7, 11) is 0. The third-order valence-electron chi connectivity index (χ3n) is 4.61. The third kappa shape index (κ3) is 5.67. The van der Waals surface area contributed by atoms with E-state index in [1.807, 2.05) is 0 Å². The molecule has 0 heterocycles. The van der Waals surface area contributed by atoms with Gasteiger partial charge in [0.15, 0.2) is 0 Å². The summed E-state index contributed by atoms with van der Waals surface area (Å²) in [5, 5.41) is 3.49. The number of carbonyl (C=O) groups is 2. The number of hydrogen-bond donors (Lipinski definition) is 1. The first-order valence-corrected chi connectivity index (χ1v) is 9.05. The van der Waals surface area contributed by atoms with Gasteiger partial charge < -0.3 is 10.1 Å². The van der Waals surface area contributed by atoms with Crippen LogP contribution in [0.3, 0.4) is 0 Å². The monoisotopic (exact) mass is 371 g/mol. The molecular weight excluding hydrogens is 349 g/mol. The zero-order valence-corrected chi connectivity index (χ0v) is 15.5. The second kappa shape index (κ2) is 8.72. The molecule has 1 aromatic carbocycles. The molecule has 0 saturated heterocycles. The Kier molecular flexibility index (Phi) is 6.93. The van der Waals surface area contributed by atoms with Crippen LogP contribution in [-0.2, 0) is 14.3 Å². The van der Waals surface area contributed by atoms with E-state index in [1.54, 1.807) is 18.2 Å². The van der Waals surface area contributed by atoms with Crippen LogP contribution in [0.2, 0.25) is 10.0 Å². The highest BCUT2D eigenvalue weighted by Crippen LogP contribution is 2.31. The fourth-order valence-electron chi connectivity index (χ4n) is 2.86. The van der Waals surface area contributed by atoms with E-state index in [-0.39, 0.29) is 30.8 Å². The molecule has 24 heavy (non-hydrogen) atoms. The average Bonchev–Trinajstić information content (AvgIpc) is 2.53. The summed E-state index contributed by atoms with van der Waals surface area (Å²) in [6, 6.07) is 4.85. The van der Waals surface area contributed by atoms with E-state index in [4.69, 9.17) is 27.9 Å². The molecule has 1 amide bonds. The van der Waals surface area contributed by atoms with Crippen LogP contribution in [0.4, 0.5) is 5.69 Å². The van der Waals surface area contributed by atoms with Crippen LogP contribution in [0, 0.1) is 11.8 Å². The summed E-state index contributed by atoms with van der Waals surface area (Å²) in [4.78, 5) is 23.8. The topological polar surface area (TPSA) is 55.4 Å². The van der Waals surface area contributed by atoms with Crippen LogP contribution < -0.4 is 5.32 Å². The van der Waals surface area contributed by atoms with E-state index in [2.05, 4.69) is 19.2 Å². The number of hydrogen-bond acceptors (Lipinski definition) is 3. The highest BCUT2D eigenvalue weighted by Gasteiger charge is 2.27. The SMILES string of the molecule is C[C@H]1CC[C@@H](OC(=O)CCC(=O)Nc2ccc(Cl)c(Cl)c2)C[C@@H]1C. The fraction of sp³-hybridized carbons (Fsp3) is 0.556. The Labute approximate surface area is 152 Å². The largest absolute Gasteiger partial charge is 0.462 e. The predicted molar refractivity (Wildman–Crippen MR) is 96.4 cm³/mol. The minimum Gasteiger partial charge on any atom is -0.462 e. The number of ether oxygens (including phenoxy) is 1. The zero-order chi connectivity index (χ0) is 17.7. The average molecular weight is 372 g/mol. The number of rotatable bonds is 5. The first-order valence-electron chi connectivity index (χ1n) is 8.29. The van der Waals surface area contributed by atoms with E-state index in [1.165, 1.54) is 0 Å². The van der Waals surface area contributed by atoms with Crippen molar-refractivity contribution >= 4 is 40.8 Å². The van der Waals surface area contributed by atoms with Crippen molar-refractivity contribution in [1.29, 1.82) is 0 Å². The molecule has 0 aromatic heterocycles. The number of carbonyl (C=O) groups excluding carboxylic acids is 2. The van der Waals surface area contributed by atoms with Crippen molar-refractivity contribution in [2.24, 2.45) is 11.8 Å². The minimum atomic E-state index is -0.314. The van der Waals surface area contributed by atoms with Crippen molar-refractivity contribution in [3.8, 4) is 0 Å². The van der Waals surface area contributed by atoms with Gasteiger partial charge in [-0.1, -0.05) is 37.0 Å². The Hall–Kier alpha value is -1.26. The summed E-state index contributed by atoms with van der Waals surface area (Å²) >= 11 is 11.7. The van der Waals surface area contributed by atoms with Crippen LogP contribution in [-0.4, -0.2) is 18.0 Å². The molecule has 4 nitrogen and oxygen atoms in total. The van der Waals surface area contributed by atoms with Crippen LogP contribution in [0.15, 0.2) is 18.2 Å². The highest BCUT2D eigenvalue weighted by molar-refractivity contribution is 6.42. The van der Waals surface area contributed by atoms with Gasteiger partial charge in [0, 0.05) is 12.1 Å². The highest BCUT2D eigenvalue weighted by atomic mass is 35.5. The molecule has 1 N–H and O–H groups in total. The molecule has 0 radical (unpaired) electrons. The summed E-state index contributed by atoms with van der Waals surface area (Å²) in [5.74, 6) is 0.674. The quantitative estimate of drug-likeness (QED) is 0.734. The van der Waals surface area contributed by atoms with E-state index in [9.17, 15) is 9.59 Å². The van der Waals surface area contributed by atoms with Gasteiger partial charge in [0.1, 0.15) is 6.10 Å². The van der Waals surface area contributed by atoms with E-state index >= 15 is 0 Å². The molecule has 0 spiro atoms. The summed E-state index contributed by atoms with van der Waals surface area (Å²) in [5.41, 5.74) is 0.554. The van der Waals surface area contributed by atoms with Gasteiger partial charge in [-0.2, -0.15) is 0 Å². The van der Waals surface area contributed by atoms with Gasteiger partial charge >= 0.3 is 5.97 Å². The van der Waals surface area contributed by atoms with Gasteiger partial charge in [0.25, 0.3) is 0 Å². The van der Waals surface area contributed by atoms with Gasteiger partial charge in [-0.15, -0.1) is 0 Å². The first-order chi connectivity index (χ1) is 11.3. The van der Waals surface area contributed by atoms with Crippen LogP contribution >= 0.6 is 23.2 Å². The Balaban J connectivity index is 1.73. The third-order valence-corrected chi connectivity index (χ3v) is 5.35. The Bertz CT molecular complexity index is 606. The van der Waals surface area contributed by atoms with Crippen molar-refractivity contribution < 1.29 is 14.3 Å². The number of amides is 1. The molecule has 132 valence electrons. The van der Waals surface area contributed by atoms with Crippen molar-refractivity contribution in [3.05, 3.63) is 28.2 Å². The lowest BCUT2D eigenvalue weighted by molar-refractivity contribution is -0.152. The van der Waals surface area contributed by atoms with Gasteiger partial charge in [-0.25, -0.2) is 0 Å². The molecule has 1 aromatic rings. The lowest BCUT2D eigenvalue weighted by atomic mass is 9.80. The maximum Gasteiger partial charge on any atom is 0.306 e. The molecule has 1 fully saturated rings. The molecule has 3 atom stereocenters. The lowest BCUT2D eigenvalue weighted by Crippen LogP contribution is -2.29. The Morgan fingerprint density at radius 1 is 1.12 bits per heavy atom. The molecule has 1 saturated carbocycles. The Morgan fingerprint density at radius 2 is 1.88 bits per heavy atom. The zero-order valence-electron chi connectivity index (χ0n) is 14.0. The molecule has 1 aliphatic carbocycles. The second-order valence-electron chi connectivity index (χ2n) is 6.56. The smallest absolute Gasteiger partial charge is 0.306 e. The number of halogens is 2. The predicted octanol–water partition coefficient (Wildman–Crippen LogP) is 5.08. The molecule has 0 bridgehead atoms.